The summed E-state index contributed by atoms with van der Waals surface area (Å²) < 4.78 is -0.171. The van der Waals surface area contributed by atoms with Crippen LogP contribution in [0.5, 0.6) is 0 Å². The second-order valence-electron chi connectivity index (χ2n) is 8.60. The summed E-state index contributed by atoms with van der Waals surface area (Å²) in [5, 5.41) is 8.89. The van der Waals surface area contributed by atoms with Gasteiger partial charge in [-0.1, -0.05) is 6.07 Å². The summed E-state index contributed by atoms with van der Waals surface area (Å²) in [6, 6.07) is 12.8. The fourth-order valence-electron chi connectivity index (χ4n) is 4.10. The minimum absolute atomic E-state index is 0.0307. The zero-order valence-electron chi connectivity index (χ0n) is 17.5. The number of carbonyl (C=O) groups excluding carboxylic acids is 1. The van der Waals surface area contributed by atoms with Gasteiger partial charge >= 0.3 is 0 Å². The number of nitrogens with one attached hydrogen (secondary N) is 2. The fourth-order valence-corrected chi connectivity index (χ4v) is 6.39. The minimum atomic E-state index is -0.237. The van der Waals surface area contributed by atoms with Gasteiger partial charge in [-0.25, -0.2) is 0 Å². The molecule has 0 saturated carbocycles. The van der Waals surface area contributed by atoms with Crippen LogP contribution in [0.1, 0.15) is 30.5 Å². The van der Waals surface area contributed by atoms with Crippen molar-refractivity contribution in [3.05, 3.63) is 46.7 Å². The predicted molar refractivity (Wildman–Crippen MR) is 125 cm³/mol. The molecule has 0 spiro atoms. The molecule has 1 amide bonds. The number of anilines is 2. The van der Waals surface area contributed by atoms with Gasteiger partial charge in [0.2, 0.25) is 5.91 Å². The molecule has 2 saturated heterocycles. The van der Waals surface area contributed by atoms with Gasteiger partial charge in [-0.05, 0) is 70.1 Å². The van der Waals surface area contributed by atoms with Gasteiger partial charge in [-0.3, -0.25) is 10.1 Å². The van der Waals surface area contributed by atoms with E-state index in [-0.39, 0.29) is 22.1 Å². The molecule has 2 aliphatic rings. The van der Waals surface area contributed by atoms with E-state index in [1.807, 2.05) is 23.9 Å². The summed E-state index contributed by atoms with van der Waals surface area (Å²) in [6.45, 7) is 6.41. The van der Waals surface area contributed by atoms with Gasteiger partial charge in [-0.15, -0.1) is 23.1 Å². The van der Waals surface area contributed by atoms with Crippen molar-refractivity contribution in [2.45, 2.75) is 42.5 Å². The highest BCUT2D eigenvalue weighted by atomic mass is 32.2. The van der Waals surface area contributed by atoms with E-state index in [0.717, 1.165) is 18.8 Å². The molecule has 2 N–H and O–H groups in total. The van der Waals surface area contributed by atoms with Crippen molar-refractivity contribution in [1.82, 2.24) is 10.2 Å². The Balaban J connectivity index is 1.38. The third-order valence-corrected chi connectivity index (χ3v) is 8.45. The Labute approximate surface area is 181 Å². The Morgan fingerprint density at radius 2 is 2.00 bits per heavy atom. The Morgan fingerprint density at radius 1 is 1.24 bits per heavy atom. The van der Waals surface area contributed by atoms with Crippen LogP contribution in [0.25, 0.3) is 0 Å². The highest BCUT2D eigenvalue weighted by molar-refractivity contribution is 8.01. The molecule has 0 bridgehead atoms. The number of hydrogen-bond acceptors (Lipinski definition) is 6. The molecule has 0 radical (unpaired) electrons. The van der Waals surface area contributed by atoms with E-state index in [1.165, 1.54) is 17.0 Å². The zero-order valence-corrected chi connectivity index (χ0v) is 19.1. The van der Waals surface area contributed by atoms with E-state index in [1.54, 1.807) is 11.3 Å². The normalized spacial score (nSPS) is 26.2. The number of thioether (sulfide) groups is 1. The fraction of sp³-hybridized carbons (Fsp3) is 0.500. The second-order valence-corrected chi connectivity index (χ2v) is 11.3. The number of likely N-dealkylation sites (N-methyl/N-ethyl adjacent to an activating group) is 1. The third-order valence-electron chi connectivity index (χ3n) is 5.89. The molecule has 2 aliphatic heterocycles. The van der Waals surface area contributed by atoms with Crippen molar-refractivity contribution in [2.75, 3.05) is 37.4 Å². The van der Waals surface area contributed by atoms with Gasteiger partial charge in [0.15, 0.2) is 0 Å². The third kappa shape index (κ3) is 4.48. The molecular formula is C22H30N4OS2. The van der Waals surface area contributed by atoms with Crippen LogP contribution in [-0.2, 0) is 4.79 Å². The number of thiophene rings is 1. The topological polar surface area (TPSA) is 47.6 Å². The number of benzene rings is 1. The Hall–Kier alpha value is -1.54. The molecular weight excluding hydrogens is 400 g/mol. The largest absolute Gasteiger partial charge is 0.370 e. The first kappa shape index (κ1) is 20.7. The van der Waals surface area contributed by atoms with Crippen molar-refractivity contribution in [3.8, 4) is 0 Å². The Kier molecular flexibility index (Phi) is 5.93. The monoisotopic (exact) mass is 430 g/mol. The number of amides is 1. The summed E-state index contributed by atoms with van der Waals surface area (Å²) in [6.07, 6.45) is 1.19. The molecule has 4 rings (SSSR count). The second kappa shape index (κ2) is 8.30. The van der Waals surface area contributed by atoms with Crippen molar-refractivity contribution >= 4 is 40.4 Å². The van der Waals surface area contributed by atoms with Crippen molar-refractivity contribution in [1.29, 1.82) is 0 Å². The van der Waals surface area contributed by atoms with Gasteiger partial charge in [0, 0.05) is 40.1 Å². The first-order valence-electron chi connectivity index (χ1n) is 10.1. The van der Waals surface area contributed by atoms with Crippen LogP contribution < -0.4 is 15.5 Å². The number of rotatable bonds is 5. The maximum atomic E-state index is 13.0. The van der Waals surface area contributed by atoms with Crippen LogP contribution in [0.4, 0.5) is 11.4 Å². The standard InChI is InChI=1S/C22H30N4OS2/c1-22(2)19(24-21(29-22)18-6-5-13-28-18)20(27)23-15-7-9-16(10-8-15)26-12-11-17(14-26)25(3)4/h5-10,13,17,19,21,24H,11-12,14H2,1-4H3,(H,23,27). The number of hydrogen-bond donors (Lipinski definition) is 2. The molecule has 7 heteroatoms. The molecule has 3 atom stereocenters. The molecule has 156 valence electrons. The van der Waals surface area contributed by atoms with E-state index in [4.69, 9.17) is 0 Å². The van der Waals surface area contributed by atoms with E-state index in [0.29, 0.717) is 6.04 Å². The Bertz CT molecular complexity index is 835. The van der Waals surface area contributed by atoms with Crippen molar-refractivity contribution < 1.29 is 4.79 Å². The Morgan fingerprint density at radius 3 is 2.62 bits per heavy atom. The van der Waals surface area contributed by atoms with Gasteiger partial charge in [0.05, 0.1) is 5.37 Å². The number of carbonyl (C=O) groups is 1. The summed E-state index contributed by atoms with van der Waals surface area (Å²) in [7, 11) is 4.29. The van der Waals surface area contributed by atoms with Crippen LogP contribution in [0, 0.1) is 0 Å². The molecule has 29 heavy (non-hydrogen) atoms. The number of nitrogens with zero attached hydrogens (tertiary/aromatic N) is 2. The lowest BCUT2D eigenvalue weighted by molar-refractivity contribution is -0.118. The van der Waals surface area contributed by atoms with Gasteiger partial charge in [0.1, 0.15) is 6.04 Å². The average Bonchev–Trinajstić information content (AvgIpc) is 3.41. The highest BCUT2D eigenvalue weighted by Crippen LogP contribution is 2.47. The first-order valence-corrected chi connectivity index (χ1v) is 11.9. The van der Waals surface area contributed by atoms with Crippen LogP contribution >= 0.6 is 23.1 Å². The zero-order chi connectivity index (χ0) is 20.6. The molecule has 0 aliphatic carbocycles. The summed E-state index contributed by atoms with van der Waals surface area (Å²) >= 11 is 3.55. The molecule has 2 aromatic rings. The molecule has 2 fully saturated rings. The maximum Gasteiger partial charge on any atom is 0.242 e. The van der Waals surface area contributed by atoms with Crippen LogP contribution in [-0.4, -0.2) is 54.8 Å². The quantitative estimate of drug-likeness (QED) is 0.751. The lowest BCUT2D eigenvalue weighted by Crippen LogP contribution is -2.46. The smallest absolute Gasteiger partial charge is 0.242 e. The molecule has 1 aromatic carbocycles. The predicted octanol–water partition coefficient (Wildman–Crippen LogP) is 4.01. The lowest BCUT2D eigenvalue weighted by atomic mass is 10.0. The molecule has 3 heterocycles. The van der Waals surface area contributed by atoms with E-state index in [9.17, 15) is 4.79 Å². The SMILES string of the molecule is CN(C)C1CCN(c2ccc(NC(=O)C3NC(c4cccs4)SC3(C)C)cc2)C1. The van der Waals surface area contributed by atoms with Crippen molar-refractivity contribution in [2.24, 2.45) is 0 Å². The summed E-state index contributed by atoms with van der Waals surface area (Å²) in [4.78, 5) is 19.0. The van der Waals surface area contributed by atoms with Gasteiger partial charge < -0.3 is 15.1 Å². The molecule has 3 unspecified atom stereocenters. The summed E-state index contributed by atoms with van der Waals surface area (Å²) in [5.41, 5.74) is 2.07. The van der Waals surface area contributed by atoms with Gasteiger partial charge in [0.25, 0.3) is 0 Å². The van der Waals surface area contributed by atoms with E-state index in [2.05, 4.69) is 78.0 Å². The molecule has 1 aromatic heterocycles. The average molecular weight is 431 g/mol. The van der Waals surface area contributed by atoms with E-state index < -0.39 is 0 Å². The lowest BCUT2D eigenvalue weighted by Gasteiger charge is -2.24. The van der Waals surface area contributed by atoms with Gasteiger partial charge in [-0.2, -0.15) is 0 Å². The van der Waals surface area contributed by atoms with E-state index >= 15 is 0 Å². The van der Waals surface area contributed by atoms with Crippen molar-refractivity contribution in [3.63, 3.8) is 0 Å². The van der Waals surface area contributed by atoms with Crippen LogP contribution in [0.3, 0.4) is 0 Å². The van der Waals surface area contributed by atoms with Crippen LogP contribution in [0.2, 0.25) is 0 Å². The maximum absolute atomic E-state index is 13.0. The minimum Gasteiger partial charge on any atom is -0.370 e. The molecule has 5 nitrogen and oxygen atoms in total. The summed E-state index contributed by atoms with van der Waals surface area (Å²) in [5.74, 6) is 0.0307. The highest BCUT2D eigenvalue weighted by Gasteiger charge is 2.45. The first-order chi connectivity index (χ1) is 13.8. The van der Waals surface area contributed by atoms with Crippen LogP contribution in [0.15, 0.2) is 41.8 Å².